The number of amides is 1. The van der Waals surface area contributed by atoms with Gasteiger partial charge in [0.05, 0.1) is 5.56 Å². The van der Waals surface area contributed by atoms with Gasteiger partial charge >= 0.3 is 0 Å². The van der Waals surface area contributed by atoms with E-state index in [1.807, 2.05) is 18.2 Å². The summed E-state index contributed by atoms with van der Waals surface area (Å²) < 4.78 is 0. The van der Waals surface area contributed by atoms with Gasteiger partial charge in [0.25, 0.3) is 5.91 Å². The molecule has 2 aromatic rings. The molecule has 148 valence electrons. The molecule has 1 atom stereocenters. The van der Waals surface area contributed by atoms with Crippen LogP contribution in [0.1, 0.15) is 49.0 Å². The highest BCUT2D eigenvalue weighted by molar-refractivity contribution is 5.94. The van der Waals surface area contributed by atoms with Crippen molar-refractivity contribution in [3.05, 3.63) is 54.0 Å². The first-order valence-electron chi connectivity index (χ1n) is 9.93. The van der Waals surface area contributed by atoms with Crippen molar-refractivity contribution in [3.8, 4) is 0 Å². The molecule has 0 radical (unpaired) electrons. The lowest BCUT2D eigenvalue weighted by molar-refractivity contribution is -0.124. The van der Waals surface area contributed by atoms with E-state index in [2.05, 4.69) is 29.1 Å². The van der Waals surface area contributed by atoms with Gasteiger partial charge in [0.2, 0.25) is 0 Å². The van der Waals surface area contributed by atoms with Crippen molar-refractivity contribution in [1.82, 2.24) is 14.9 Å². The Balaban J connectivity index is 1.57. The second-order valence-corrected chi connectivity index (χ2v) is 7.80. The van der Waals surface area contributed by atoms with Crippen LogP contribution in [0.15, 0.2) is 42.9 Å². The second-order valence-electron chi connectivity index (χ2n) is 7.80. The lowest BCUT2D eigenvalue weighted by Gasteiger charge is -2.32. The molecule has 1 amide bonds. The summed E-state index contributed by atoms with van der Waals surface area (Å²) in [7, 11) is 0. The maximum Gasteiger partial charge on any atom is 0.255 e. The zero-order valence-corrected chi connectivity index (χ0v) is 16.6. The number of hydrogen-bond acceptors (Lipinski definition) is 5. The normalized spacial score (nSPS) is 16.8. The molecule has 0 saturated carbocycles. The van der Waals surface area contributed by atoms with Crippen molar-refractivity contribution in [3.63, 3.8) is 0 Å². The van der Waals surface area contributed by atoms with E-state index in [0.717, 1.165) is 24.2 Å². The summed E-state index contributed by atoms with van der Waals surface area (Å²) in [6, 6.07) is 7.50. The van der Waals surface area contributed by atoms with Crippen LogP contribution >= 0.6 is 0 Å². The molecule has 1 fully saturated rings. The van der Waals surface area contributed by atoms with E-state index >= 15 is 0 Å². The van der Waals surface area contributed by atoms with E-state index in [1.54, 1.807) is 29.6 Å². The average molecular weight is 380 g/mol. The molecule has 1 aliphatic rings. The Bertz CT molecular complexity index is 790. The molecule has 28 heavy (non-hydrogen) atoms. The molecule has 2 aromatic heterocycles. The highest BCUT2D eigenvalue weighted by atomic mass is 16.2. The Hall–Kier alpha value is -2.76. The summed E-state index contributed by atoms with van der Waals surface area (Å²) in [6.45, 7) is 5.98. The highest BCUT2D eigenvalue weighted by Crippen LogP contribution is 2.22. The SMILES string of the molecule is CC(C)CC(=O)C1CCCN(C(=O)c2ccc(NCc3ccncc3)nc2)C1. The summed E-state index contributed by atoms with van der Waals surface area (Å²) in [5.74, 6) is 1.28. The minimum absolute atomic E-state index is 0.0330. The first kappa shape index (κ1) is 20.0. The number of nitrogens with one attached hydrogen (secondary N) is 1. The van der Waals surface area contributed by atoms with E-state index in [-0.39, 0.29) is 17.6 Å². The number of aromatic nitrogens is 2. The molecule has 1 N–H and O–H groups in total. The second kappa shape index (κ2) is 9.44. The predicted molar refractivity (Wildman–Crippen MR) is 109 cm³/mol. The molecule has 1 saturated heterocycles. The Morgan fingerprint density at radius 1 is 1.21 bits per heavy atom. The third kappa shape index (κ3) is 5.38. The molecule has 0 aliphatic carbocycles. The molecule has 0 aromatic carbocycles. The number of carbonyl (C=O) groups excluding carboxylic acids is 2. The van der Waals surface area contributed by atoms with Gasteiger partial charge in [0, 0.05) is 50.6 Å². The predicted octanol–water partition coefficient (Wildman–Crippen LogP) is 3.56. The summed E-state index contributed by atoms with van der Waals surface area (Å²) in [5, 5.41) is 3.24. The fourth-order valence-corrected chi connectivity index (χ4v) is 3.49. The van der Waals surface area contributed by atoms with Crippen molar-refractivity contribution in [2.24, 2.45) is 11.8 Å². The maximum absolute atomic E-state index is 12.8. The Morgan fingerprint density at radius 3 is 2.68 bits per heavy atom. The van der Waals surface area contributed by atoms with Gasteiger partial charge in [-0.3, -0.25) is 14.6 Å². The van der Waals surface area contributed by atoms with Crippen LogP contribution in [0.25, 0.3) is 0 Å². The quantitative estimate of drug-likeness (QED) is 0.795. The van der Waals surface area contributed by atoms with Gasteiger partial charge in [-0.15, -0.1) is 0 Å². The van der Waals surface area contributed by atoms with Gasteiger partial charge in [-0.25, -0.2) is 4.98 Å². The minimum atomic E-state index is -0.0461. The summed E-state index contributed by atoms with van der Waals surface area (Å²) >= 11 is 0. The van der Waals surface area contributed by atoms with Crippen LogP contribution in [-0.2, 0) is 11.3 Å². The van der Waals surface area contributed by atoms with Gasteiger partial charge in [-0.1, -0.05) is 13.8 Å². The number of ketones is 1. The van der Waals surface area contributed by atoms with Gasteiger partial charge in [0.15, 0.2) is 0 Å². The van der Waals surface area contributed by atoms with E-state index in [9.17, 15) is 9.59 Å². The number of rotatable bonds is 7. The van der Waals surface area contributed by atoms with Crippen LogP contribution in [0.4, 0.5) is 5.82 Å². The van der Waals surface area contributed by atoms with Crippen molar-refractivity contribution in [2.45, 2.75) is 39.7 Å². The number of piperidine rings is 1. The number of pyridine rings is 2. The smallest absolute Gasteiger partial charge is 0.255 e. The first-order chi connectivity index (χ1) is 13.5. The topological polar surface area (TPSA) is 75.2 Å². The number of likely N-dealkylation sites (tertiary alicyclic amines) is 1. The van der Waals surface area contributed by atoms with Gasteiger partial charge < -0.3 is 10.2 Å². The number of hydrogen-bond donors (Lipinski definition) is 1. The first-order valence-corrected chi connectivity index (χ1v) is 9.93. The van der Waals surface area contributed by atoms with Crippen LogP contribution in [-0.4, -0.2) is 39.6 Å². The molecule has 6 nitrogen and oxygen atoms in total. The molecule has 0 bridgehead atoms. The molecular formula is C22H28N4O2. The fraction of sp³-hybridized carbons (Fsp3) is 0.455. The molecule has 1 aliphatic heterocycles. The third-order valence-corrected chi connectivity index (χ3v) is 5.01. The zero-order valence-electron chi connectivity index (χ0n) is 16.6. The minimum Gasteiger partial charge on any atom is -0.366 e. The largest absolute Gasteiger partial charge is 0.366 e. The fourth-order valence-electron chi connectivity index (χ4n) is 3.49. The van der Waals surface area contributed by atoms with Crippen LogP contribution in [0, 0.1) is 11.8 Å². The van der Waals surface area contributed by atoms with Crippen LogP contribution < -0.4 is 5.32 Å². The van der Waals surface area contributed by atoms with Gasteiger partial charge in [-0.05, 0) is 48.6 Å². The monoisotopic (exact) mass is 380 g/mol. The number of anilines is 1. The third-order valence-electron chi connectivity index (χ3n) is 5.01. The lowest BCUT2D eigenvalue weighted by Crippen LogP contribution is -2.42. The van der Waals surface area contributed by atoms with Crippen molar-refractivity contribution in [2.75, 3.05) is 18.4 Å². The van der Waals surface area contributed by atoms with Crippen molar-refractivity contribution >= 4 is 17.5 Å². The summed E-state index contributed by atoms with van der Waals surface area (Å²) in [5.41, 5.74) is 1.67. The molecule has 1 unspecified atom stereocenters. The standard InChI is InChI=1S/C22H28N4O2/c1-16(2)12-20(27)19-4-3-11-26(15-19)22(28)18-5-6-21(25-14-18)24-13-17-7-9-23-10-8-17/h5-10,14,16,19H,3-4,11-13,15H2,1-2H3,(H,24,25). The summed E-state index contributed by atoms with van der Waals surface area (Å²) in [4.78, 5) is 35.4. The van der Waals surface area contributed by atoms with Crippen molar-refractivity contribution in [1.29, 1.82) is 0 Å². The summed E-state index contributed by atoms with van der Waals surface area (Å²) in [6.07, 6.45) is 7.46. The molecule has 0 spiro atoms. The van der Waals surface area contributed by atoms with Crippen LogP contribution in [0.3, 0.4) is 0 Å². The van der Waals surface area contributed by atoms with E-state index in [0.29, 0.717) is 37.5 Å². The van der Waals surface area contributed by atoms with E-state index in [4.69, 9.17) is 0 Å². The lowest BCUT2D eigenvalue weighted by atomic mass is 9.89. The van der Waals surface area contributed by atoms with Gasteiger partial charge in [0.1, 0.15) is 11.6 Å². The maximum atomic E-state index is 12.8. The Morgan fingerprint density at radius 2 is 2.00 bits per heavy atom. The molecule has 6 heteroatoms. The van der Waals surface area contributed by atoms with Crippen molar-refractivity contribution < 1.29 is 9.59 Å². The molecule has 3 rings (SSSR count). The zero-order chi connectivity index (χ0) is 19.9. The average Bonchev–Trinajstić information content (AvgIpc) is 2.72. The molecular weight excluding hydrogens is 352 g/mol. The molecule has 3 heterocycles. The Labute approximate surface area is 166 Å². The highest BCUT2D eigenvalue weighted by Gasteiger charge is 2.29. The Kier molecular flexibility index (Phi) is 6.74. The number of Topliss-reactive ketones (excluding diaryl/α,β-unsaturated/α-hetero) is 1. The number of nitrogens with zero attached hydrogens (tertiary/aromatic N) is 3. The van der Waals surface area contributed by atoms with Crippen LogP contribution in [0.5, 0.6) is 0 Å². The van der Waals surface area contributed by atoms with E-state index < -0.39 is 0 Å². The van der Waals surface area contributed by atoms with Gasteiger partial charge in [-0.2, -0.15) is 0 Å². The van der Waals surface area contributed by atoms with Crippen LogP contribution in [0.2, 0.25) is 0 Å². The van der Waals surface area contributed by atoms with E-state index in [1.165, 1.54) is 0 Å². The number of carbonyl (C=O) groups is 2.